The predicted octanol–water partition coefficient (Wildman–Crippen LogP) is 2.40. The quantitative estimate of drug-likeness (QED) is 0.869. The summed E-state index contributed by atoms with van der Waals surface area (Å²) in [5.41, 5.74) is 6.94. The van der Waals surface area contributed by atoms with Gasteiger partial charge in [0.05, 0.1) is 12.8 Å². The van der Waals surface area contributed by atoms with E-state index in [1.165, 1.54) is 18.4 Å². The van der Waals surface area contributed by atoms with Crippen molar-refractivity contribution in [2.24, 2.45) is 0 Å². The van der Waals surface area contributed by atoms with Crippen LogP contribution in [0.5, 0.6) is 5.88 Å². The average Bonchev–Trinajstić information content (AvgIpc) is 2.76. The van der Waals surface area contributed by atoms with Gasteiger partial charge >= 0.3 is 5.97 Å². The Bertz CT molecular complexity index is 576. The number of ether oxygens (including phenoxy) is 2. The molecule has 0 saturated heterocycles. The van der Waals surface area contributed by atoms with Gasteiger partial charge in [-0.05, 0) is 19.1 Å². The minimum atomic E-state index is -0.394. The Morgan fingerprint density at radius 2 is 2.26 bits per heavy atom. The van der Waals surface area contributed by atoms with Crippen LogP contribution >= 0.6 is 11.3 Å². The highest BCUT2D eigenvalue weighted by Crippen LogP contribution is 2.24. The molecule has 2 N–H and O–H groups in total. The molecule has 0 amide bonds. The van der Waals surface area contributed by atoms with E-state index in [0.29, 0.717) is 22.1 Å². The van der Waals surface area contributed by atoms with Crippen molar-refractivity contribution in [3.63, 3.8) is 0 Å². The number of carbonyl (C=O) groups excluding carboxylic acids is 1. The van der Waals surface area contributed by atoms with Crippen LogP contribution in [0.2, 0.25) is 0 Å². The van der Waals surface area contributed by atoms with Crippen LogP contribution in [0, 0.1) is 6.92 Å². The van der Waals surface area contributed by atoms with Crippen molar-refractivity contribution >= 4 is 23.0 Å². The fourth-order valence-corrected chi connectivity index (χ4v) is 2.29. The van der Waals surface area contributed by atoms with Gasteiger partial charge in [-0.25, -0.2) is 9.78 Å². The number of rotatable bonds is 4. The van der Waals surface area contributed by atoms with Gasteiger partial charge in [-0.3, -0.25) is 0 Å². The molecule has 2 aromatic heterocycles. The number of nitrogens with zero attached hydrogens (tertiary/aromatic N) is 1. The number of nitrogens with two attached hydrogens (primary N) is 1. The topological polar surface area (TPSA) is 74.4 Å². The smallest absolute Gasteiger partial charge is 0.348 e. The lowest BCUT2D eigenvalue weighted by atomic mass is 10.3. The predicted molar refractivity (Wildman–Crippen MR) is 73.4 cm³/mol. The molecule has 0 atom stereocenters. The second kappa shape index (κ2) is 5.71. The van der Waals surface area contributed by atoms with E-state index >= 15 is 0 Å². The number of hydrogen-bond donors (Lipinski definition) is 1. The van der Waals surface area contributed by atoms with Crippen molar-refractivity contribution in [2.75, 3.05) is 12.8 Å². The first kappa shape index (κ1) is 13.4. The minimum absolute atomic E-state index is 0.104. The normalized spacial score (nSPS) is 10.2. The molecule has 0 saturated carbocycles. The Balaban J connectivity index is 2.00. The molecule has 2 rings (SSSR count). The first-order valence-corrected chi connectivity index (χ1v) is 6.44. The zero-order chi connectivity index (χ0) is 13.8. The molecule has 100 valence electrons. The van der Waals surface area contributed by atoms with Crippen molar-refractivity contribution in [2.45, 2.75) is 13.5 Å². The van der Waals surface area contributed by atoms with E-state index in [1.807, 2.05) is 6.92 Å². The van der Waals surface area contributed by atoms with Crippen LogP contribution in [0.3, 0.4) is 0 Å². The molecule has 0 unspecified atom stereocenters. The lowest BCUT2D eigenvalue weighted by Crippen LogP contribution is -2.04. The number of aromatic nitrogens is 1. The molecule has 2 heterocycles. The van der Waals surface area contributed by atoms with Crippen molar-refractivity contribution < 1.29 is 14.3 Å². The number of methoxy groups -OCH3 is 1. The first-order valence-electron chi connectivity index (χ1n) is 5.63. The monoisotopic (exact) mass is 278 g/mol. The Morgan fingerprint density at radius 1 is 1.47 bits per heavy atom. The summed E-state index contributed by atoms with van der Waals surface area (Å²) in [6, 6.07) is 6.92. The molecular formula is C13H14N2O3S. The zero-order valence-electron chi connectivity index (χ0n) is 10.7. The highest BCUT2D eigenvalue weighted by Gasteiger charge is 2.12. The molecule has 0 aromatic carbocycles. The number of carbonyl (C=O) groups is 1. The number of anilines is 1. The van der Waals surface area contributed by atoms with E-state index in [0.717, 1.165) is 4.88 Å². The summed E-state index contributed by atoms with van der Waals surface area (Å²) in [5, 5.41) is 0. The van der Waals surface area contributed by atoms with Gasteiger partial charge in [0.25, 0.3) is 0 Å². The first-order chi connectivity index (χ1) is 9.10. The van der Waals surface area contributed by atoms with Gasteiger partial charge in [0.2, 0.25) is 5.88 Å². The van der Waals surface area contributed by atoms with Crippen LogP contribution in [-0.4, -0.2) is 18.1 Å². The minimum Gasteiger partial charge on any atom is -0.481 e. The molecule has 0 aliphatic heterocycles. The number of nitrogen functional groups attached to an aromatic ring is 1. The molecule has 19 heavy (non-hydrogen) atoms. The lowest BCUT2D eigenvalue weighted by molar-refractivity contribution is 0.0473. The van der Waals surface area contributed by atoms with Crippen molar-refractivity contribution in [1.82, 2.24) is 4.98 Å². The van der Waals surface area contributed by atoms with E-state index in [1.54, 1.807) is 24.3 Å². The number of aryl methyl sites for hydroxylation is 1. The second-order valence-electron chi connectivity index (χ2n) is 3.87. The van der Waals surface area contributed by atoms with Gasteiger partial charge in [0.1, 0.15) is 11.5 Å². The largest absolute Gasteiger partial charge is 0.481 e. The number of pyridine rings is 1. The van der Waals surface area contributed by atoms with Gasteiger partial charge in [0.15, 0.2) is 0 Å². The standard InChI is InChI=1S/C13H14N2O3S/c1-8-10(14)6-11(19-8)13(16)18-7-9-4-3-5-12(15-9)17-2/h3-6H,7,14H2,1-2H3. The highest BCUT2D eigenvalue weighted by molar-refractivity contribution is 7.14. The zero-order valence-corrected chi connectivity index (χ0v) is 11.5. The Morgan fingerprint density at radius 3 is 2.89 bits per heavy atom. The molecule has 0 fully saturated rings. The molecular weight excluding hydrogens is 264 g/mol. The summed E-state index contributed by atoms with van der Waals surface area (Å²) in [6.07, 6.45) is 0. The summed E-state index contributed by atoms with van der Waals surface area (Å²) < 4.78 is 10.2. The SMILES string of the molecule is COc1cccc(COC(=O)c2cc(N)c(C)s2)n1. The van der Waals surface area contributed by atoms with Crippen molar-refractivity contribution in [3.8, 4) is 5.88 Å². The van der Waals surface area contributed by atoms with Crippen LogP contribution < -0.4 is 10.5 Å². The highest BCUT2D eigenvalue weighted by atomic mass is 32.1. The van der Waals surface area contributed by atoms with Crippen LogP contribution in [0.25, 0.3) is 0 Å². The van der Waals surface area contributed by atoms with Crippen molar-refractivity contribution in [1.29, 1.82) is 0 Å². The molecule has 0 bridgehead atoms. The fraction of sp³-hybridized carbons (Fsp3) is 0.231. The Labute approximate surface area is 115 Å². The number of hydrogen-bond acceptors (Lipinski definition) is 6. The average molecular weight is 278 g/mol. The molecule has 0 aliphatic rings. The van der Waals surface area contributed by atoms with Gasteiger partial charge < -0.3 is 15.2 Å². The number of thiophene rings is 1. The Kier molecular flexibility index (Phi) is 4.01. The van der Waals surface area contributed by atoms with E-state index < -0.39 is 5.97 Å². The number of esters is 1. The maximum absolute atomic E-state index is 11.8. The summed E-state index contributed by atoms with van der Waals surface area (Å²) in [6.45, 7) is 1.97. The van der Waals surface area contributed by atoms with E-state index in [-0.39, 0.29) is 6.61 Å². The van der Waals surface area contributed by atoms with E-state index in [9.17, 15) is 4.79 Å². The van der Waals surface area contributed by atoms with Crippen LogP contribution in [0.15, 0.2) is 24.3 Å². The lowest BCUT2D eigenvalue weighted by Gasteiger charge is -2.04. The third kappa shape index (κ3) is 3.23. The van der Waals surface area contributed by atoms with E-state index in [4.69, 9.17) is 15.2 Å². The molecule has 2 aromatic rings. The summed E-state index contributed by atoms with van der Waals surface area (Å²) in [7, 11) is 1.54. The maximum atomic E-state index is 11.8. The maximum Gasteiger partial charge on any atom is 0.348 e. The summed E-state index contributed by atoms with van der Waals surface area (Å²) >= 11 is 1.32. The van der Waals surface area contributed by atoms with E-state index in [2.05, 4.69) is 4.98 Å². The summed E-state index contributed by atoms with van der Waals surface area (Å²) in [4.78, 5) is 17.4. The Hall–Kier alpha value is -2.08. The van der Waals surface area contributed by atoms with Crippen molar-refractivity contribution in [3.05, 3.63) is 39.7 Å². The summed E-state index contributed by atoms with van der Waals surface area (Å²) in [5.74, 6) is 0.0965. The molecule has 6 heteroatoms. The molecule has 0 aliphatic carbocycles. The van der Waals surface area contributed by atoms with Gasteiger partial charge in [-0.15, -0.1) is 11.3 Å². The second-order valence-corrected chi connectivity index (χ2v) is 5.13. The van der Waals surface area contributed by atoms with Crippen LogP contribution in [0.4, 0.5) is 5.69 Å². The van der Waals surface area contributed by atoms with Crippen LogP contribution in [-0.2, 0) is 11.3 Å². The van der Waals surface area contributed by atoms with Gasteiger partial charge in [0, 0.05) is 16.6 Å². The third-order valence-corrected chi connectivity index (χ3v) is 3.55. The van der Waals surface area contributed by atoms with Gasteiger partial charge in [-0.1, -0.05) is 6.07 Å². The third-order valence-electron chi connectivity index (χ3n) is 2.50. The molecule has 0 spiro atoms. The fourth-order valence-electron chi connectivity index (χ4n) is 1.46. The molecule has 5 nitrogen and oxygen atoms in total. The van der Waals surface area contributed by atoms with Crippen LogP contribution in [0.1, 0.15) is 20.2 Å². The molecule has 0 radical (unpaired) electrons. The van der Waals surface area contributed by atoms with Gasteiger partial charge in [-0.2, -0.15) is 0 Å².